The van der Waals surface area contributed by atoms with Crippen LogP contribution in [0.3, 0.4) is 0 Å². The zero-order valence-electron chi connectivity index (χ0n) is 16.8. The molecule has 1 atom stereocenters. The van der Waals surface area contributed by atoms with Gasteiger partial charge in [0.05, 0.1) is 23.7 Å². The number of hydrogen-bond donors (Lipinski definition) is 1. The first-order valence-corrected chi connectivity index (χ1v) is 10.6. The van der Waals surface area contributed by atoms with E-state index in [4.69, 9.17) is 21.1 Å². The third kappa shape index (κ3) is 3.80. The van der Waals surface area contributed by atoms with Crippen molar-refractivity contribution in [1.82, 2.24) is 9.55 Å². The number of methoxy groups -OCH3 is 1. The van der Waals surface area contributed by atoms with E-state index >= 15 is 0 Å². The Morgan fingerprint density at radius 3 is 2.69 bits per heavy atom. The van der Waals surface area contributed by atoms with Crippen LogP contribution in [-0.2, 0) is 4.74 Å². The van der Waals surface area contributed by atoms with Crippen LogP contribution < -0.4 is 16.0 Å². The highest BCUT2D eigenvalue weighted by molar-refractivity contribution is 7.13. The molecule has 0 bridgehead atoms. The van der Waals surface area contributed by atoms with Gasteiger partial charge in [0, 0.05) is 22.0 Å². The number of thiophene rings is 1. The second-order valence-corrected chi connectivity index (χ2v) is 8.10. The monoisotopic (exact) mass is 474 g/mol. The predicted octanol–water partition coefficient (Wildman–Crippen LogP) is 4.46. The molecule has 2 heterocycles. The number of esters is 1. The molecule has 4 aromatic rings. The number of nitrogens with zero attached hydrogens (tertiary/aromatic N) is 1. The van der Waals surface area contributed by atoms with E-state index in [-0.39, 0.29) is 27.2 Å². The molecular weight excluding hydrogens is 459 g/mol. The van der Waals surface area contributed by atoms with Crippen LogP contribution in [0.15, 0.2) is 57.4 Å². The summed E-state index contributed by atoms with van der Waals surface area (Å²) in [6, 6.07) is 10.8. The van der Waals surface area contributed by atoms with Crippen LogP contribution in [0.25, 0.3) is 16.6 Å². The summed E-state index contributed by atoms with van der Waals surface area (Å²) in [6.07, 6.45) is -0.484. The average Bonchev–Trinajstić information content (AvgIpc) is 3.19. The van der Waals surface area contributed by atoms with Gasteiger partial charge in [0.1, 0.15) is 22.5 Å². The van der Waals surface area contributed by atoms with Crippen LogP contribution in [-0.4, -0.2) is 22.6 Å². The van der Waals surface area contributed by atoms with Gasteiger partial charge in [-0.1, -0.05) is 29.8 Å². The Labute approximate surface area is 189 Å². The van der Waals surface area contributed by atoms with Gasteiger partial charge in [-0.2, -0.15) is 0 Å². The predicted molar refractivity (Wildman–Crippen MR) is 120 cm³/mol. The first-order chi connectivity index (χ1) is 15.3. The maximum atomic E-state index is 14.7. The smallest absolute Gasteiger partial charge is 0.348 e. The quantitative estimate of drug-likeness (QED) is 0.431. The molecule has 32 heavy (non-hydrogen) atoms. The van der Waals surface area contributed by atoms with Crippen LogP contribution in [0.4, 0.5) is 4.39 Å². The zero-order valence-corrected chi connectivity index (χ0v) is 18.4. The molecule has 2 aromatic carbocycles. The lowest BCUT2D eigenvalue weighted by Crippen LogP contribution is -2.34. The number of carbonyl (C=O) groups excluding carboxylic acids is 1. The van der Waals surface area contributed by atoms with Crippen molar-refractivity contribution < 1.29 is 18.7 Å². The van der Waals surface area contributed by atoms with Crippen LogP contribution in [0, 0.1) is 5.82 Å². The van der Waals surface area contributed by atoms with Gasteiger partial charge in [0.25, 0.3) is 5.56 Å². The number of rotatable bonds is 5. The molecule has 4 rings (SSSR count). The first kappa shape index (κ1) is 21.8. The fourth-order valence-corrected chi connectivity index (χ4v) is 4.51. The van der Waals surface area contributed by atoms with Gasteiger partial charge in [0.2, 0.25) is 0 Å². The molecular formula is C22H16ClFN2O5S. The number of carbonyl (C=O) groups is 1. The van der Waals surface area contributed by atoms with Gasteiger partial charge >= 0.3 is 11.7 Å². The molecule has 0 aliphatic rings. The first-order valence-electron chi connectivity index (χ1n) is 9.37. The summed E-state index contributed by atoms with van der Waals surface area (Å²) in [5.41, 5.74) is -1.13. The minimum Gasteiger partial charge on any atom is -0.486 e. The molecule has 0 aliphatic heterocycles. The second kappa shape index (κ2) is 8.60. The Morgan fingerprint density at radius 2 is 1.97 bits per heavy atom. The zero-order chi connectivity index (χ0) is 23.0. The minimum atomic E-state index is -0.855. The second-order valence-electron chi connectivity index (χ2n) is 6.81. The van der Waals surface area contributed by atoms with Crippen LogP contribution >= 0.6 is 22.9 Å². The highest BCUT2D eigenvalue weighted by Gasteiger charge is 2.22. The molecule has 0 saturated heterocycles. The third-order valence-corrected chi connectivity index (χ3v) is 6.14. The SMILES string of the molecule is COC(=O)c1scc2[nH]c(=O)n(-c3cc(OC(C)c4ccccc4Cl)ccc3F)c(=O)c12. The van der Waals surface area contributed by atoms with Crippen LogP contribution in [0.1, 0.15) is 28.3 Å². The number of ether oxygens (including phenoxy) is 2. The molecule has 1 unspecified atom stereocenters. The van der Waals surface area contributed by atoms with Crippen molar-refractivity contribution in [3.8, 4) is 11.4 Å². The Morgan fingerprint density at radius 1 is 1.22 bits per heavy atom. The van der Waals surface area contributed by atoms with E-state index in [0.29, 0.717) is 9.59 Å². The third-order valence-electron chi connectivity index (χ3n) is 4.84. The fraction of sp³-hybridized carbons (Fsp3) is 0.136. The molecule has 0 fully saturated rings. The summed E-state index contributed by atoms with van der Waals surface area (Å²) in [4.78, 5) is 40.3. The number of nitrogens with one attached hydrogen (secondary N) is 1. The summed E-state index contributed by atoms with van der Waals surface area (Å²) >= 11 is 7.16. The fourth-order valence-electron chi connectivity index (χ4n) is 3.31. The van der Waals surface area contributed by atoms with Crippen molar-refractivity contribution in [2.75, 3.05) is 7.11 Å². The van der Waals surface area contributed by atoms with E-state index < -0.39 is 29.1 Å². The maximum Gasteiger partial charge on any atom is 0.348 e. The topological polar surface area (TPSA) is 90.4 Å². The lowest BCUT2D eigenvalue weighted by atomic mass is 10.1. The average molecular weight is 475 g/mol. The van der Waals surface area contributed by atoms with Crippen molar-refractivity contribution in [3.05, 3.63) is 90.0 Å². The molecule has 2 aromatic heterocycles. The Hall–Kier alpha value is -3.43. The summed E-state index contributed by atoms with van der Waals surface area (Å²) < 4.78 is 25.9. The van der Waals surface area contributed by atoms with Gasteiger partial charge in [0.15, 0.2) is 0 Å². The molecule has 7 nitrogen and oxygen atoms in total. The summed E-state index contributed by atoms with van der Waals surface area (Å²) in [7, 11) is 1.18. The molecule has 164 valence electrons. The number of hydrogen-bond acceptors (Lipinski definition) is 6. The van der Waals surface area contributed by atoms with E-state index in [1.165, 1.54) is 24.6 Å². The highest BCUT2D eigenvalue weighted by Crippen LogP contribution is 2.29. The lowest BCUT2D eigenvalue weighted by molar-refractivity contribution is 0.0608. The number of H-pyrrole nitrogens is 1. The van der Waals surface area contributed by atoms with E-state index in [1.54, 1.807) is 25.1 Å². The van der Waals surface area contributed by atoms with Gasteiger partial charge in [-0.3, -0.25) is 4.79 Å². The van der Waals surface area contributed by atoms with Gasteiger partial charge in [-0.15, -0.1) is 11.3 Å². The van der Waals surface area contributed by atoms with Crippen molar-refractivity contribution in [3.63, 3.8) is 0 Å². The molecule has 0 spiro atoms. The number of aromatic amines is 1. The molecule has 0 amide bonds. The number of halogens is 2. The standard InChI is InChI=1S/C22H16ClFN2O5S/c1-11(13-5-3-4-6-14(13)23)31-12-7-8-15(24)17(9-12)26-20(27)18-16(25-22(26)29)10-32-19(18)21(28)30-2/h3-11H,1-2H3,(H,25,29). The van der Waals surface area contributed by atoms with Crippen molar-refractivity contribution in [2.24, 2.45) is 0 Å². The number of benzene rings is 2. The van der Waals surface area contributed by atoms with Crippen molar-refractivity contribution in [1.29, 1.82) is 0 Å². The van der Waals surface area contributed by atoms with Crippen LogP contribution in [0.2, 0.25) is 5.02 Å². The Bertz CT molecular complexity index is 1460. The highest BCUT2D eigenvalue weighted by atomic mass is 35.5. The molecule has 10 heteroatoms. The molecule has 0 saturated carbocycles. The van der Waals surface area contributed by atoms with Crippen LogP contribution in [0.5, 0.6) is 5.75 Å². The number of fused-ring (bicyclic) bond motifs is 1. The minimum absolute atomic E-state index is 0.0117. The van der Waals surface area contributed by atoms with E-state index in [0.717, 1.165) is 23.0 Å². The molecule has 1 N–H and O–H groups in total. The summed E-state index contributed by atoms with van der Waals surface area (Å²) in [6.45, 7) is 1.77. The summed E-state index contributed by atoms with van der Waals surface area (Å²) in [5, 5.41) is 1.90. The normalized spacial score (nSPS) is 12.0. The molecule has 0 radical (unpaired) electrons. The maximum absolute atomic E-state index is 14.7. The summed E-state index contributed by atoms with van der Waals surface area (Å²) in [5.74, 6) is -1.32. The molecule has 0 aliphatic carbocycles. The van der Waals surface area contributed by atoms with E-state index in [9.17, 15) is 18.8 Å². The van der Waals surface area contributed by atoms with Crippen molar-refractivity contribution in [2.45, 2.75) is 13.0 Å². The van der Waals surface area contributed by atoms with Gasteiger partial charge in [-0.25, -0.2) is 18.5 Å². The number of aromatic nitrogens is 2. The van der Waals surface area contributed by atoms with Gasteiger partial charge < -0.3 is 14.5 Å². The van der Waals surface area contributed by atoms with E-state index in [2.05, 4.69) is 4.98 Å². The Kier molecular flexibility index (Phi) is 5.86. The Balaban J connectivity index is 1.82. The largest absolute Gasteiger partial charge is 0.486 e. The lowest BCUT2D eigenvalue weighted by Gasteiger charge is -2.17. The van der Waals surface area contributed by atoms with Crippen molar-refractivity contribution >= 4 is 39.8 Å². The van der Waals surface area contributed by atoms with E-state index in [1.807, 2.05) is 6.07 Å². The van der Waals surface area contributed by atoms with Gasteiger partial charge in [-0.05, 0) is 25.1 Å².